The van der Waals surface area contributed by atoms with Gasteiger partial charge in [-0.3, -0.25) is 9.78 Å². The summed E-state index contributed by atoms with van der Waals surface area (Å²) in [4.78, 5) is 16.2. The van der Waals surface area contributed by atoms with Crippen LogP contribution in [-0.2, 0) is 17.6 Å². The SMILES string of the molecule is O=C(CCc1cccnc1)NC[C@H]1Cc2cc(-c3cccc(OC(F)(F)F)c3)ccc2O1. The van der Waals surface area contributed by atoms with Gasteiger partial charge in [-0.1, -0.05) is 24.3 Å². The molecular formula is C24H21F3N2O3. The molecule has 166 valence electrons. The van der Waals surface area contributed by atoms with E-state index in [4.69, 9.17) is 4.74 Å². The Kier molecular flexibility index (Phi) is 6.30. The number of carbonyl (C=O) groups excluding carboxylic acids is 1. The van der Waals surface area contributed by atoms with Gasteiger partial charge in [-0.25, -0.2) is 0 Å². The maximum atomic E-state index is 12.5. The molecule has 0 unspecified atom stereocenters. The smallest absolute Gasteiger partial charge is 0.488 e. The van der Waals surface area contributed by atoms with Crippen molar-refractivity contribution in [3.05, 3.63) is 78.1 Å². The lowest BCUT2D eigenvalue weighted by Gasteiger charge is -2.12. The van der Waals surface area contributed by atoms with Crippen LogP contribution in [0.25, 0.3) is 11.1 Å². The molecule has 3 aromatic rings. The number of aromatic nitrogens is 1. The molecule has 0 aliphatic carbocycles. The van der Waals surface area contributed by atoms with Crippen LogP contribution in [0.4, 0.5) is 13.2 Å². The number of hydrogen-bond donors (Lipinski definition) is 1. The third-order valence-electron chi connectivity index (χ3n) is 5.09. The zero-order valence-electron chi connectivity index (χ0n) is 17.1. The predicted molar refractivity (Wildman–Crippen MR) is 112 cm³/mol. The molecule has 0 fully saturated rings. The van der Waals surface area contributed by atoms with Crippen molar-refractivity contribution in [1.82, 2.24) is 10.3 Å². The highest BCUT2D eigenvalue weighted by Crippen LogP contribution is 2.34. The van der Waals surface area contributed by atoms with Gasteiger partial charge in [-0.2, -0.15) is 0 Å². The second-order valence-corrected chi connectivity index (χ2v) is 7.51. The van der Waals surface area contributed by atoms with E-state index in [9.17, 15) is 18.0 Å². The van der Waals surface area contributed by atoms with Crippen LogP contribution in [-0.4, -0.2) is 29.9 Å². The lowest BCUT2D eigenvalue weighted by atomic mass is 10.0. The number of amides is 1. The van der Waals surface area contributed by atoms with Crippen LogP contribution in [0.5, 0.6) is 11.5 Å². The molecule has 0 bridgehead atoms. The highest BCUT2D eigenvalue weighted by molar-refractivity contribution is 5.76. The maximum absolute atomic E-state index is 12.5. The number of benzene rings is 2. The van der Waals surface area contributed by atoms with Crippen molar-refractivity contribution in [3.8, 4) is 22.6 Å². The second-order valence-electron chi connectivity index (χ2n) is 7.51. The van der Waals surface area contributed by atoms with Gasteiger partial charge in [0, 0.05) is 25.2 Å². The minimum absolute atomic E-state index is 0.0597. The number of halogens is 3. The van der Waals surface area contributed by atoms with Crippen molar-refractivity contribution >= 4 is 5.91 Å². The number of carbonyl (C=O) groups is 1. The number of alkyl halides is 3. The Morgan fingerprint density at radius 2 is 1.97 bits per heavy atom. The van der Waals surface area contributed by atoms with Crippen molar-refractivity contribution < 1.29 is 27.4 Å². The maximum Gasteiger partial charge on any atom is 0.573 e. The van der Waals surface area contributed by atoms with E-state index >= 15 is 0 Å². The molecule has 8 heteroatoms. The summed E-state index contributed by atoms with van der Waals surface area (Å²) in [5.41, 5.74) is 3.33. The summed E-state index contributed by atoms with van der Waals surface area (Å²) in [5.74, 6) is 0.389. The van der Waals surface area contributed by atoms with Crippen LogP contribution < -0.4 is 14.8 Å². The van der Waals surface area contributed by atoms with Gasteiger partial charge in [0.25, 0.3) is 0 Å². The van der Waals surface area contributed by atoms with Gasteiger partial charge in [-0.15, -0.1) is 13.2 Å². The summed E-state index contributed by atoms with van der Waals surface area (Å²) in [6.45, 7) is 0.380. The van der Waals surface area contributed by atoms with Crippen molar-refractivity contribution in [1.29, 1.82) is 0 Å². The summed E-state index contributed by atoms with van der Waals surface area (Å²) in [6, 6.07) is 15.1. The number of rotatable bonds is 7. The zero-order valence-corrected chi connectivity index (χ0v) is 17.1. The highest BCUT2D eigenvalue weighted by Gasteiger charge is 2.31. The van der Waals surface area contributed by atoms with E-state index in [0.29, 0.717) is 37.1 Å². The minimum Gasteiger partial charge on any atom is -0.488 e. The fourth-order valence-corrected chi connectivity index (χ4v) is 3.61. The standard InChI is InChI=1S/C24H21F3N2O3/c25-24(26,27)32-20-5-1-4-17(12-20)18-7-8-22-19(11-18)13-21(31-22)15-29-23(30)9-6-16-3-2-10-28-14-16/h1-5,7-8,10-12,14,21H,6,9,13,15H2,(H,29,30)/t21-/m1/s1. The summed E-state index contributed by atoms with van der Waals surface area (Å²) >= 11 is 0. The third-order valence-corrected chi connectivity index (χ3v) is 5.09. The molecular weight excluding hydrogens is 421 g/mol. The van der Waals surface area contributed by atoms with Gasteiger partial charge < -0.3 is 14.8 Å². The molecule has 0 radical (unpaired) electrons. The van der Waals surface area contributed by atoms with E-state index in [2.05, 4.69) is 15.0 Å². The molecule has 1 amide bonds. The topological polar surface area (TPSA) is 60.5 Å². The van der Waals surface area contributed by atoms with Crippen LogP contribution in [0.15, 0.2) is 67.0 Å². The number of fused-ring (bicyclic) bond motifs is 1. The first-order valence-corrected chi connectivity index (χ1v) is 10.2. The lowest BCUT2D eigenvalue weighted by Crippen LogP contribution is -2.34. The quantitative estimate of drug-likeness (QED) is 0.576. The Balaban J connectivity index is 1.33. The molecule has 32 heavy (non-hydrogen) atoms. The molecule has 0 saturated heterocycles. The van der Waals surface area contributed by atoms with E-state index < -0.39 is 6.36 Å². The normalized spacial score (nSPS) is 15.0. The molecule has 4 rings (SSSR count). The van der Waals surface area contributed by atoms with Gasteiger partial charge in [0.2, 0.25) is 5.91 Å². The Morgan fingerprint density at radius 3 is 2.75 bits per heavy atom. The average Bonchev–Trinajstić information content (AvgIpc) is 3.18. The molecule has 0 saturated carbocycles. The van der Waals surface area contributed by atoms with E-state index in [0.717, 1.165) is 16.7 Å². The molecule has 1 aliphatic heterocycles. The minimum atomic E-state index is -4.74. The number of pyridine rings is 1. The molecule has 1 atom stereocenters. The number of aryl methyl sites for hydroxylation is 1. The Bertz CT molecular complexity index is 1090. The van der Waals surface area contributed by atoms with Gasteiger partial charge in [0.15, 0.2) is 0 Å². The predicted octanol–water partition coefficient (Wildman–Crippen LogP) is 4.70. The van der Waals surface area contributed by atoms with Gasteiger partial charge in [-0.05, 0) is 59.0 Å². The Hall–Kier alpha value is -3.55. The molecule has 5 nitrogen and oxygen atoms in total. The van der Waals surface area contributed by atoms with Crippen molar-refractivity contribution in [2.24, 2.45) is 0 Å². The van der Waals surface area contributed by atoms with Crippen LogP contribution in [0, 0.1) is 0 Å². The summed E-state index contributed by atoms with van der Waals surface area (Å²) < 4.78 is 47.4. The molecule has 1 aliphatic rings. The van der Waals surface area contributed by atoms with Gasteiger partial charge in [0.1, 0.15) is 17.6 Å². The fraction of sp³-hybridized carbons (Fsp3) is 0.250. The van der Waals surface area contributed by atoms with E-state index in [-0.39, 0.29) is 17.8 Å². The van der Waals surface area contributed by atoms with Crippen LogP contribution in [0.3, 0.4) is 0 Å². The van der Waals surface area contributed by atoms with E-state index in [1.54, 1.807) is 30.6 Å². The highest BCUT2D eigenvalue weighted by atomic mass is 19.4. The van der Waals surface area contributed by atoms with Crippen molar-refractivity contribution in [2.75, 3.05) is 6.54 Å². The van der Waals surface area contributed by atoms with Crippen LogP contribution in [0.1, 0.15) is 17.5 Å². The first-order chi connectivity index (χ1) is 15.4. The monoisotopic (exact) mass is 442 g/mol. The molecule has 2 aromatic carbocycles. The number of ether oxygens (including phenoxy) is 2. The van der Waals surface area contributed by atoms with Crippen LogP contribution >= 0.6 is 0 Å². The largest absolute Gasteiger partial charge is 0.573 e. The molecule has 1 N–H and O–H groups in total. The number of nitrogens with one attached hydrogen (secondary N) is 1. The molecule has 2 heterocycles. The van der Waals surface area contributed by atoms with Gasteiger partial charge in [0.05, 0.1) is 6.54 Å². The summed E-state index contributed by atoms with van der Waals surface area (Å²) in [5, 5.41) is 2.90. The fourth-order valence-electron chi connectivity index (χ4n) is 3.61. The molecule has 0 spiro atoms. The Morgan fingerprint density at radius 1 is 1.12 bits per heavy atom. The second kappa shape index (κ2) is 9.30. The Labute approximate surface area is 183 Å². The van der Waals surface area contributed by atoms with E-state index in [1.165, 1.54) is 18.2 Å². The van der Waals surface area contributed by atoms with Crippen LogP contribution in [0.2, 0.25) is 0 Å². The summed E-state index contributed by atoms with van der Waals surface area (Å²) in [6.07, 6.45) is 0.0918. The third kappa shape index (κ3) is 5.78. The zero-order chi connectivity index (χ0) is 22.6. The molecule has 1 aromatic heterocycles. The van der Waals surface area contributed by atoms with Crippen molar-refractivity contribution in [2.45, 2.75) is 31.7 Å². The average molecular weight is 442 g/mol. The first kappa shape index (κ1) is 21.7. The van der Waals surface area contributed by atoms with E-state index in [1.807, 2.05) is 18.2 Å². The summed E-state index contributed by atoms with van der Waals surface area (Å²) in [7, 11) is 0. The number of hydrogen-bond acceptors (Lipinski definition) is 4. The lowest BCUT2D eigenvalue weighted by molar-refractivity contribution is -0.274. The first-order valence-electron chi connectivity index (χ1n) is 10.2. The van der Waals surface area contributed by atoms with Gasteiger partial charge >= 0.3 is 6.36 Å². The number of nitrogens with zero attached hydrogens (tertiary/aromatic N) is 1. The van der Waals surface area contributed by atoms with Crippen molar-refractivity contribution in [3.63, 3.8) is 0 Å².